The number of nitrogens with one attached hydrogen (secondary N) is 1. The van der Waals surface area contributed by atoms with Crippen LogP contribution in [0.1, 0.15) is 28.1 Å². The lowest BCUT2D eigenvalue weighted by molar-refractivity contribution is -0.122. The fourth-order valence-corrected chi connectivity index (χ4v) is 5.16. The van der Waals surface area contributed by atoms with E-state index in [1.54, 1.807) is 6.08 Å². The molecule has 0 bridgehead atoms. The SMILES string of the molecule is Cc1ccc(N2C(=O)/C(=C/c3cc(C)n(-c4ccc(N5CCOCC5)cc4)c3C)C(=O)NC2=S)cc1C. The largest absolute Gasteiger partial charge is 0.378 e. The van der Waals surface area contributed by atoms with Crippen LogP contribution in [0, 0.1) is 27.7 Å². The molecule has 0 aliphatic carbocycles. The van der Waals surface area contributed by atoms with Gasteiger partial charge in [0, 0.05) is 35.9 Å². The van der Waals surface area contributed by atoms with Crippen LogP contribution in [0.2, 0.25) is 0 Å². The second kappa shape index (κ2) is 9.95. The Hall–Kier alpha value is -3.75. The van der Waals surface area contributed by atoms with Gasteiger partial charge in [0.2, 0.25) is 0 Å². The van der Waals surface area contributed by atoms with Gasteiger partial charge in [0.15, 0.2) is 5.11 Å². The molecule has 0 atom stereocenters. The monoisotopic (exact) mass is 514 g/mol. The lowest BCUT2D eigenvalue weighted by Gasteiger charge is -2.29. The second-order valence-electron chi connectivity index (χ2n) is 9.50. The number of hydrogen-bond acceptors (Lipinski definition) is 5. The minimum Gasteiger partial charge on any atom is -0.378 e. The van der Waals surface area contributed by atoms with Crippen molar-refractivity contribution in [2.45, 2.75) is 27.7 Å². The average molecular weight is 515 g/mol. The molecule has 0 radical (unpaired) electrons. The molecule has 2 aliphatic rings. The van der Waals surface area contributed by atoms with E-state index in [-0.39, 0.29) is 10.7 Å². The summed E-state index contributed by atoms with van der Waals surface area (Å²) in [6.45, 7) is 11.3. The zero-order valence-electron chi connectivity index (χ0n) is 21.5. The Kier molecular flexibility index (Phi) is 6.70. The van der Waals surface area contributed by atoms with Gasteiger partial charge in [-0.25, -0.2) is 0 Å². The third kappa shape index (κ3) is 4.70. The van der Waals surface area contributed by atoms with Gasteiger partial charge in [-0.3, -0.25) is 19.8 Å². The predicted octanol–water partition coefficient (Wildman–Crippen LogP) is 4.38. The number of rotatable bonds is 4. The molecule has 0 spiro atoms. The van der Waals surface area contributed by atoms with Gasteiger partial charge in [-0.05, 0) is 105 Å². The number of carbonyl (C=O) groups is 2. The summed E-state index contributed by atoms with van der Waals surface area (Å²) in [5.74, 6) is -0.925. The molecule has 2 amide bonds. The maximum absolute atomic E-state index is 13.5. The lowest BCUT2D eigenvalue weighted by Crippen LogP contribution is -2.54. The molecule has 2 fully saturated rings. The van der Waals surface area contributed by atoms with E-state index in [2.05, 4.69) is 39.0 Å². The molecule has 0 unspecified atom stereocenters. The number of aryl methyl sites for hydroxylation is 3. The van der Waals surface area contributed by atoms with Crippen LogP contribution in [-0.2, 0) is 14.3 Å². The minimum absolute atomic E-state index is 0.0507. The molecule has 2 saturated heterocycles. The Bertz CT molecular complexity index is 1430. The summed E-state index contributed by atoms with van der Waals surface area (Å²) in [6, 6.07) is 16.1. The van der Waals surface area contributed by atoms with E-state index in [1.807, 2.05) is 52.0 Å². The van der Waals surface area contributed by atoms with E-state index in [4.69, 9.17) is 17.0 Å². The Morgan fingerprint density at radius 2 is 1.51 bits per heavy atom. The molecule has 3 aromatic rings. The van der Waals surface area contributed by atoms with Crippen LogP contribution in [0.5, 0.6) is 0 Å². The number of benzene rings is 2. The Labute approximate surface area is 222 Å². The number of morpholine rings is 1. The van der Waals surface area contributed by atoms with E-state index in [1.165, 1.54) is 10.6 Å². The minimum atomic E-state index is -0.491. The first kappa shape index (κ1) is 24.9. The van der Waals surface area contributed by atoms with Gasteiger partial charge in [0.25, 0.3) is 11.8 Å². The number of ether oxygens (including phenoxy) is 1. The third-order valence-electron chi connectivity index (χ3n) is 7.10. The summed E-state index contributed by atoms with van der Waals surface area (Å²) in [5, 5.41) is 2.77. The first-order valence-electron chi connectivity index (χ1n) is 12.4. The quantitative estimate of drug-likeness (QED) is 0.318. The van der Waals surface area contributed by atoms with Crippen LogP contribution in [0.15, 0.2) is 54.1 Å². The summed E-state index contributed by atoms with van der Waals surface area (Å²) in [6.07, 6.45) is 1.66. The van der Waals surface area contributed by atoms with E-state index >= 15 is 0 Å². The van der Waals surface area contributed by atoms with Gasteiger partial charge in [-0.15, -0.1) is 0 Å². The van der Waals surface area contributed by atoms with E-state index < -0.39 is 11.8 Å². The maximum atomic E-state index is 13.5. The van der Waals surface area contributed by atoms with Gasteiger partial charge in [0.05, 0.1) is 18.9 Å². The molecule has 190 valence electrons. The van der Waals surface area contributed by atoms with Gasteiger partial charge in [-0.1, -0.05) is 6.07 Å². The van der Waals surface area contributed by atoms with Gasteiger partial charge >= 0.3 is 0 Å². The zero-order chi connectivity index (χ0) is 26.3. The smallest absolute Gasteiger partial charge is 0.270 e. The van der Waals surface area contributed by atoms with Crippen molar-refractivity contribution in [3.8, 4) is 5.69 Å². The fraction of sp³-hybridized carbons (Fsp3) is 0.276. The number of nitrogens with zero attached hydrogens (tertiary/aromatic N) is 3. The summed E-state index contributed by atoms with van der Waals surface area (Å²) >= 11 is 5.36. The number of hydrogen-bond donors (Lipinski definition) is 1. The lowest BCUT2D eigenvalue weighted by atomic mass is 10.1. The average Bonchev–Trinajstić information content (AvgIpc) is 3.17. The van der Waals surface area contributed by atoms with Gasteiger partial charge in [-0.2, -0.15) is 0 Å². The van der Waals surface area contributed by atoms with Gasteiger partial charge < -0.3 is 14.2 Å². The van der Waals surface area contributed by atoms with Crippen LogP contribution in [-0.4, -0.2) is 47.8 Å². The predicted molar refractivity (Wildman–Crippen MR) is 150 cm³/mol. The highest BCUT2D eigenvalue weighted by Crippen LogP contribution is 2.28. The van der Waals surface area contributed by atoms with Crippen molar-refractivity contribution >= 4 is 46.6 Å². The number of amides is 2. The van der Waals surface area contributed by atoms with Crippen molar-refractivity contribution in [3.05, 3.63) is 82.2 Å². The maximum Gasteiger partial charge on any atom is 0.270 e. The Morgan fingerprint density at radius 3 is 2.19 bits per heavy atom. The molecule has 5 rings (SSSR count). The zero-order valence-corrected chi connectivity index (χ0v) is 22.3. The fourth-order valence-electron chi connectivity index (χ4n) is 4.88. The highest BCUT2D eigenvalue weighted by molar-refractivity contribution is 7.80. The molecule has 3 heterocycles. The van der Waals surface area contributed by atoms with E-state index in [0.29, 0.717) is 5.69 Å². The van der Waals surface area contributed by atoms with Crippen molar-refractivity contribution < 1.29 is 14.3 Å². The van der Waals surface area contributed by atoms with Crippen LogP contribution < -0.4 is 15.1 Å². The number of thiocarbonyl (C=S) groups is 1. The standard InChI is InChI=1S/C29H30N4O3S/c1-18-5-6-25(15-19(18)2)33-28(35)26(27(34)30-29(33)37)17-22-16-20(3)32(21(22)4)24-9-7-23(8-10-24)31-11-13-36-14-12-31/h5-10,15-17H,11-14H2,1-4H3,(H,30,34,37)/b26-17+. The number of carbonyl (C=O) groups excluding carboxylic acids is 2. The summed E-state index contributed by atoms with van der Waals surface area (Å²) < 4.78 is 7.59. The van der Waals surface area contributed by atoms with Gasteiger partial charge in [0.1, 0.15) is 5.57 Å². The normalized spacial score (nSPS) is 17.5. The molecule has 2 aliphatic heterocycles. The van der Waals surface area contributed by atoms with Crippen molar-refractivity contribution in [1.82, 2.24) is 9.88 Å². The highest BCUT2D eigenvalue weighted by atomic mass is 32.1. The Balaban J connectivity index is 1.46. The van der Waals surface area contributed by atoms with Crippen LogP contribution in [0.3, 0.4) is 0 Å². The first-order valence-corrected chi connectivity index (χ1v) is 12.8. The molecule has 1 N–H and O–H groups in total. The summed E-state index contributed by atoms with van der Waals surface area (Å²) in [4.78, 5) is 30.0. The third-order valence-corrected chi connectivity index (χ3v) is 7.39. The van der Waals surface area contributed by atoms with E-state index in [0.717, 1.165) is 60.1 Å². The first-order chi connectivity index (χ1) is 17.7. The molecule has 2 aromatic carbocycles. The van der Waals surface area contributed by atoms with Crippen molar-refractivity contribution in [2.75, 3.05) is 36.1 Å². The van der Waals surface area contributed by atoms with Crippen LogP contribution in [0.25, 0.3) is 11.8 Å². The van der Waals surface area contributed by atoms with E-state index in [9.17, 15) is 9.59 Å². The van der Waals surface area contributed by atoms with Crippen molar-refractivity contribution in [3.63, 3.8) is 0 Å². The molecule has 0 saturated carbocycles. The van der Waals surface area contributed by atoms with Crippen molar-refractivity contribution in [1.29, 1.82) is 0 Å². The molecule has 7 nitrogen and oxygen atoms in total. The van der Waals surface area contributed by atoms with Crippen LogP contribution >= 0.6 is 12.2 Å². The van der Waals surface area contributed by atoms with Crippen molar-refractivity contribution in [2.24, 2.45) is 0 Å². The molecular formula is C29H30N4O3S. The molecule has 37 heavy (non-hydrogen) atoms. The number of anilines is 2. The Morgan fingerprint density at radius 1 is 0.865 bits per heavy atom. The second-order valence-corrected chi connectivity index (χ2v) is 9.89. The molecule has 8 heteroatoms. The summed E-state index contributed by atoms with van der Waals surface area (Å²) in [5.41, 5.74) is 7.79. The number of aromatic nitrogens is 1. The summed E-state index contributed by atoms with van der Waals surface area (Å²) in [7, 11) is 0. The topological polar surface area (TPSA) is 66.8 Å². The molecular weight excluding hydrogens is 484 g/mol. The molecule has 1 aromatic heterocycles. The van der Waals surface area contributed by atoms with Crippen LogP contribution in [0.4, 0.5) is 11.4 Å². The highest BCUT2D eigenvalue weighted by Gasteiger charge is 2.35.